The van der Waals surface area contributed by atoms with E-state index in [1.54, 1.807) is 6.07 Å². The summed E-state index contributed by atoms with van der Waals surface area (Å²) in [6.07, 6.45) is -6.36. The van der Waals surface area contributed by atoms with Crippen molar-refractivity contribution < 1.29 is 27.8 Å². The minimum atomic E-state index is -4.80. The summed E-state index contributed by atoms with van der Waals surface area (Å²) in [6.45, 7) is 0. The number of hydrogen-bond donors (Lipinski definition) is 0. The monoisotopic (exact) mass is 369 g/mol. The Morgan fingerprint density at radius 3 is 2.61 bits per heavy atom. The zero-order chi connectivity index (χ0) is 13.5. The smallest absolute Gasteiger partial charge is 0.429 e. The fraction of sp³-hybridized carbons (Fsp3) is 0.182. The highest BCUT2D eigenvalue weighted by molar-refractivity contribution is 14.1. The van der Waals surface area contributed by atoms with Gasteiger partial charge in [-0.1, -0.05) is 6.07 Å². The number of ether oxygens (including phenoxy) is 1. The van der Waals surface area contributed by atoms with Crippen LogP contribution >= 0.6 is 22.6 Å². The Labute approximate surface area is 113 Å². The summed E-state index contributed by atoms with van der Waals surface area (Å²) in [6, 6.07) is 4.55. The Morgan fingerprint density at radius 1 is 1.39 bits per heavy atom. The molecular weight excluding hydrogens is 364 g/mol. The molecule has 0 fully saturated rings. The van der Waals surface area contributed by atoms with Crippen molar-refractivity contribution in [3.63, 3.8) is 0 Å². The Kier molecular flexibility index (Phi) is 3.26. The molecule has 0 amide bonds. The van der Waals surface area contributed by atoms with E-state index in [1.165, 1.54) is 12.1 Å². The molecule has 0 bridgehead atoms. The van der Waals surface area contributed by atoms with E-state index in [4.69, 9.17) is 4.74 Å². The van der Waals surface area contributed by atoms with Crippen molar-refractivity contribution >= 4 is 34.6 Å². The highest BCUT2D eigenvalue weighted by atomic mass is 127. The quantitative estimate of drug-likeness (QED) is 0.709. The maximum Gasteiger partial charge on any atom is 0.429 e. The second-order valence-electron chi connectivity index (χ2n) is 3.61. The van der Waals surface area contributed by atoms with Crippen LogP contribution in [0, 0.1) is 3.57 Å². The van der Waals surface area contributed by atoms with Gasteiger partial charge in [-0.2, -0.15) is 13.2 Å². The van der Waals surface area contributed by atoms with Gasteiger partial charge < -0.3 is 14.6 Å². The molecule has 0 saturated heterocycles. The molecule has 0 saturated carbocycles. The third-order valence-electron chi connectivity index (χ3n) is 2.35. The molecule has 96 valence electrons. The van der Waals surface area contributed by atoms with Gasteiger partial charge >= 0.3 is 6.18 Å². The SMILES string of the molecule is O=C([O-])C1=Cc2ccc(I)cc2OC1C(F)(F)F. The summed E-state index contributed by atoms with van der Waals surface area (Å²) in [7, 11) is 0. The van der Waals surface area contributed by atoms with Crippen molar-refractivity contribution in [2.75, 3.05) is 0 Å². The highest BCUT2D eigenvalue weighted by Gasteiger charge is 2.46. The van der Waals surface area contributed by atoms with E-state index in [0.29, 0.717) is 3.57 Å². The number of rotatable bonds is 1. The van der Waals surface area contributed by atoms with Gasteiger partial charge in [0.15, 0.2) is 0 Å². The fourth-order valence-corrected chi connectivity index (χ4v) is 2.03. The Morgan fingerprint density at radius 2 is 2.06 bits per heavy atom. The first-order valence-corrected chi connectivity index (χ1v) is 5.83. The third-order valence-corrected chi connectivity index (χ3v) is 3.02. The van der Waals surface area contributed by atoms with Gasteiger partial charge in [0.25, 0.3) is 0 Å². The molecule has 0 spiro atoms. The molecule has 3 nitrogen and oxygen atoms in total. The number of benzene rings is 1. The van der Waals surface area contributed by atoms with E-state index in [-0.39, 0.29) is 11.3 Å². The lowest BCUT2D eigenvalue weighted by molar-refractivity contribution is -0.302. The van der Waals surface area contributed by atoms with Gasteiger partial charge in [-0.3, -0.25) is 0 Å². The third kappa shape index (κ3) is 2.45. The summed E-state index contributed by atoms with van der Waals surface area (Å²) in [4.78, 5) is 10.7. The van der Waals surface area contributed by atoms with Crippen LogP contribution in [0.4, 0.5) is 13.2 Å². The first-order chi connectivity index (χ1) is 8.29. The summed E-state index contributed by atoms with van der Waals surface area (Å²) in [5, 5.41) is 10.7. The number of halogens is 4. The van der Waals surface area contributed by atoms with E-state index in [2.05, 4.69) is 0 Å². The Balaban J connectivity index is 2.53. The second kappa shape index (κ2) is 4.45. The van der Waals surface area contributed by atoms with Gasteiger partial charge in [-0.25, -0.2) is 0 Å². The van der Waals surface area contributed by atoms with Crippen molar-refractivity contribution in [2.24, 2.45) is 0 Å². The van der Waals surface area contributed by atoms with Crippen LogP contribution in [0.2, 0.25) is 0 Å². The molecule has 0 aliphatic carbocycles. The first kappa shape index (κ1) is 13.2. The number of fused-ring (bicyclic) bond motifs is 1. The number of alkyl halides is 3. The van der Waals surface area contributed by atoms with E-state index in [1.807, 2.05) is 22.6 Å². The maximum atomic E-state index is 12.7. The van der Waals surface area contributed by atoms with E-state index in [9.17, 15) is 23.1 Å². The molecule has 2 rings (SSSR count). The summed E-state index contributed by atoms with van der Waals surface area (Å²) >= 11 is 1.92. The van der Waals surface area contributed by atoms with Crippen LogP contribution in [0.25, 0.3) is 6.08 Å². The number of carboxylic acids is 1. The summed E-state index contributed by atoms with van der Waals surface area (Å²) in [5.74, 6) is -1.88. The van der Waals surface area contributed by atoms with Crippen molar-refractivity contribution in [3.05, 3.63) is 32.9 Å². The average molecular weight is 369 g/mol. The molecule has 1 atom stereocenters. The Bertz CT molecular complexity index is 537. The Hall–Kier alpha value is -1.25. The zero-order valence-corrected chi connectivity index (χ0v) is 10.8. The standard InChI is InChI=1S/C11H6F3IO3/c12-11(13,14)9-7(10(16)17)3-5-1-2-6(15)4-8(5)18-9/h1-4,9H,(H,16,17)/p-1. The minimum Gasteiger partial charge on any atom is -0.545 e. The van der Waals surface area contributed by atoms with Crippen molar-refractivity contribution in [1.29, 1.82) is 0 Å². The van der Waals surface area contributed by atoms with E-state index < -0.39 is 23.8 Å². The molecule has 0 radical (unpaired) electrons. The van der Waals surface area contributed by atoms with Crippen LogP contribution in [-0.4, -0.2) is 18.2 Å². The van der Waals surface area contributed by atoms with Gasteiger partial charge in [0, 0.05) is 14.7 Å². The molecule has 1 aliphatic heterocycles. The van der Waals surface area contributed by atoms with Gasteiger partial charge in [0.2, 0.25) is 6.10 Å². The van der Waals surface area contributed by atoms with Crippen LogP contribution in [0.1, 0.15) is 5.56 Å². The molecule has 1 aromatic rings. The molecule has 7 heteroatoms. The normalized spacial score (nSPS) is 18.7. The molecule has 1 unspecified atom stereocenters. The van der Waals surface area contributed by atoms with Gasteiger partial charge in [-0.05, 0) is 40.8 Å². The number of carbonyl (C=O) groups is 1. The second-order valence-corrected chi connectivity index (χ2v) is 4.85. The molecule has 1 aliphatic rings. The lowest BCUT2D eigenvalue weighted by Crippen LogP contribution is -2.44. The number of hydrogen-bond acceptors (Lipinski definition) is 3. The minimum absolute atomic E-state index is 0.00854. The lowest BCUT2D eigenvalue weighted by Gasteiger charge is -2.29. The van der Waals surface area contributed by atoms with E-state index in [0.717, 1.165) is 6.08 Å². The predicted octanol–water partition coefficient (Wildman–Crippen LogP) is 1.75. The topological polar surface area (TPSA) is 49.4 Å². The molecule has 18 heavy (non-hydrogen) atoms. The largest absolute Gasteiger partial charge is 0.545 e. The van der Waals surface area contributed by atoms with Crippen LogP contribution in [0.5, 0.6) is 5.75 Å². The number of carbonyl (C=O) groups excluding carboxylic acids is 1. The molecule has 0 N–H and O–H groups in total. The summed E-state index contributed by atoms with van der Waals surface area (Å²) in [5.41, 5.74) is -0.633. The van der Waals surface area contributed by atoms with Crippen molar-refractivity contribution in [3.8, 4) is 5.75 Å². The van der Waals surface area contributed by atoms with Gasteiger partial charge in [0.1, 0.15) is 5.75 Å². The number of aliphatic carboxylic acids is 1. The summed E-state index contributed by atoms with van der Waals surface area (Å²) < 4.78 is 43.5. The predicted molar refractivity (Wildman–Crippen MR) is 62.6 cm³/mol. The number of carboxylic acid groups (broad SMARTS) is 1. The van der Waals surface area contributed by atoms with Crippen LogP contribution in [0.3, 0.4) is 0 Å². The average Bonchev–Trinajstić information content (AvgIpc) is 2.25. The van der Waals surface area contributed by atoms with Crippen molar-refractivity contribution in [1.82, 2.24) is 0 Å². The zero-order valence-electron chi connectivity index (χ0n) is 8.62. The van der Waals surface area contributed by atoms with Crippen LogP contribution < -0.4 is 9.84 Å². The van der Waals surface area contributed by atoms with Gasteiger partial charge in [-0.15, -0.1) is 0 Å². The van der Waals surface area contributed by atoms with Crippen molar-refractivity contribution in [2.45, 2.75) is 12.3 Å². The van der Waals surface area contributed by atoms with Crippen LogP contribution in [-0.2, 0) is 4.79 Å². The highest BCUT2D eigenvalue weighted by Crippen LogP contribution is 2.37. The molecular formula is C11H5F3IO3-. The molecule has 1 heterocycles. The fourth-order valence-electron chi connectivity index (χ4n) is 1.57. The van der Waals surface area contributed by atoms with Gasteiger partial charge in [0.05, 0.1) is 5.97 Å². The molecule has 1 aromatic carbocycles. The van der Waals surface area contributed by atoms with Crippen LogP contribution in [0.15, 0.2) is 23.8 Å². The lowest BCUT2D eigenvalue weighted by atomic mass is 10.0. The molecule has 0 aromatic heterocycles. The van der Waals surface area contributed by atoms with E-state index >= 15 is 0 Å². The first-order valence-electron chi connectivity index (χ1n) is 4.75. The maximum absolute atomic E-state index is 12.7.